The molecule has 0 bridgehead atoms. The van der Waals surface area contributed by atoms with Gasteiger partial charge in [0.25, 0.3) is 0 Å². The van der Waals surface area contributed by atoms with Crippen molar-refractivity contribution in [3.05, 3.63) is 35.6 Å². The van der Waals surface area contributed by atoms with E-state index in [2.05, 4.69) is 10.0 Å². The second-order valence-corrected chi connectivity index (χ2v) is 8.86. The van der Waals surface area contributed by atoms with Crippen molar-refractivity contribution < 1.29 is 17.6 Å². The third kappa shape index (κ3) is 4.81. The zero-order chi connectivity index (χ0) is 19.4. The topological polar surface area (TPSA) is 91.7 Å². The van der Waals surface area contributed by atoms with Crippen molar-refractivity contribution in [1.29, 1.82) is 0 Å². The fourth-order valence-electron chi connectivity index (χ4n) is 3.50. The fourth-order valence-corrected chi connectivity index (χ4v) is 4.90. The van der Waals surface area contributed by atoms with Gasteiger partial charge in [0, 0.05) is 36.6 Å². The minimum atomic E-state index is -3.21. The molecule has 27 heavy (non-hydrogen) atoms. The number of aryl methyl sites for hydroxylation is 1. The average Bonchev–Trinajstić information content (AvgIpc) is 2.95. The Bertz CT molecular complexity index is 899. The molecule has 1 aromatic heterocycles. The number of para-hydroxylation sites is 1. The molecule has 0 atom stereocenters. The molecule has 0 unspecified atom stereocenters. The number of benzene rings is 1. The van der Waals surface area contributed by atoms with Crippen LogP contribution in [0.1, 0.15) is 37.5 Å². The average molecular weight is 394 g/mol. The fraction of sp³-hybridized carbons (Fsp3) is 0.526. The van der Waals surface area contributed by atoms with E-state index in [0.717, 1.165) is 22.3 Å². The highest BCUT2D eigenvalue weighted by atomic mass is 32.2. The number of carbonyl (C=O) groups is 1. The van der Waals surface area contributed by atoms with Crippen LogP contribution in [0.25, 0.3) is 11.0 Å². The van der Waals surface area contributed by atoms with Crippen molar-refractivity contribution in [2.75, 3.05) is 18.8 Å². The van der Waals surface area contributed by atoms with Gasteiger partial charge in [-0.1, -0.05) is 25.1 Å². The van der Waals surface area contributed by atoms with E-state index in [1.54, 1.807) is 4.90 Å². The Hall–Kier alpha value is -2.06. The quantitative estimate of drug-likeness (QED) is 0.789. The summed E-state index contributed by atoms with van der Waals surface area (Å²) in [5, 5.41) is 3.97. The molecule has 7 nitrogen and oxygen atoms in total. The van der Waals surface area contributed by atoms with Crippen LogP contribution in [-0.2, 0) is 16.6 Å². The number of piperidine rings is 1. The first-order valence-corrected chi connectivity index (χ1v) is 11.0. The molecule has 2 heterocycles. The lowest BCUT2D eigenvalue weighted by Crippen LogP contribution is -2.49. The molecule has 8 heteroatoms. The molecule has 3 rings (SSSR count). The summed E-state index contributed by atoms with van der Waals surface area (Å²) >= 11 is 0. The first-order valence-electron chi connectivity index (χ1n) is 9.39. The van der Waals surface area contributed by atoms with E-state index >= 15 is 0 Å². The summed E-state index contributed by atoms with van der Waals surface area (Å²) in [6.07, 6.45) is 1.85. The molecule has 148 valence electrons. The predicted molar refractivity (Wildman–Crippen MR) is 105 cm³/mol. The maximum Gasteiger partial charge on any atom is 0.317 e. The standard InChI is InChI=1S/C19H27N3O4S/c1-3-12-27(24,25)21-15-8-10-22(11-9-15)19(23)20-13-17-14(2)26-18-7-5-4-6-16(17)18/h4-7,15,21H,3,8-13H2,1-2H3,(H,20,23). The Morgan fingerprint density at radius 2 is 1.96 bits per heavy atom. The number of carbonyl (C=O) groups excluding carboxylic acids is 1. The number of nitrogens with zero attached hydrogens (tertiary/aromatic N) is 1. The summed E-state index contributed by atoms with van der Waals surface area (Å²) in [6.45, 7) is 5.23. The van der Waals surface area contributed by atoms with Gasteiger partial charge in [-0.2, -0.15) is 0 Å². The zero-order valence-corrected chi connectivity index (χ0v) is 16.6. The predicted octanol–water partition coefficient (Wildman–Crippen LogP) is 2.74. The molecule has 1 aromatic carbocycles. The number of hydrogen-bond donors (Lipinski definition) is 2. The van der Waals surface area contributed by atoms with Crippen molar-refractivity contribution in [2.24, 2.45) is 0 Å². The Morgan fingerprint density at radius 1 is 1.26 bits per heavy atom. The van der Waals surface area contributed by atoms with Crippen LogP contribution < -0.4 is 10.0 Å². The van der Waals surface area contributed by atoms with Crippen LogP contribution in [0.15, 0.2) is 28.7 Å². The zero-order valence-electron chi connectivity index (χ0n) is 15.8. The second kappa shape index (κ2) is 8.31. The van der Waals surface area contributed by atoms with Crippen LogP contribution in [0.2, 0.25) is 0 Å². The smallest absolute Gasteiger partial charge is 0.317 e. The number of amides is 2. The Labute approximate surface area is 160 Å². The first kappa shape index (κ1) is 19.7. The van der Waals surface area contributed by atoms with Crippen LogP contribution in [0.5, 0.6) is 0 Å². The van der Waals surface area contributed by atoms with E-state index in [4.69, 9.17) is 4.42 Å². The number of fused-ring (bicyclic) bond motifs is 1. The van der Waals surface area contributed by atoms with Crippen LogP contribution in [0, 0.1) is 6.92 Å². The molecule has 1 aliphatic heterocycles. The van der Waals surface area contributed by atoms with Crippen LogP contribution in [0.4, 0.5) is 4.79 Å². The molecule has 1 fully saturated rings. The largest absolute Gasteiger partial charge is 0.461 e. The van der Waals surface area contributed by atoms with E-state index in [9.17, 15) is 13.2 Å². The molecule has 0 radical (unpaired) electrons. The number of nitrogens with one attached hydrogen (secondary N) is 2. The van der Waals surface area contributed by atoms with Crippen LogP contribution in [0.3, 0.4) is 0 Å². The Balaban J connectivity index is 1.52. The lowest BCUT2D eigenvalue weighted by molar-refractivity contribution is 0.179. The van der Waals surface area contributed by atoms with Gasteiger partial charge in [0.1, 0.15) is 11.3 Å². The summed E-state index contributed by atoms with van der Waals surface area (Å²) < 4.78 is 32.2. The van der Waals surface area contributed by atoms with E-state index < -0.39 is 10.0 Å². The van der Waals surface area contributed by atoms with Gasteiger partial charge in [-0.15, -0.1) is 0 Å². The third-order valence-electron chi connectivity index (χ3n) is 4.92. The Morgan fingerprint density at radius 3 is 2.67 bits per heavy atom. The van der Waals surface area contributed by atoms with Gasteiger partial charge in [0.2, 0.25) is 10.0 Å². The van der Waals surface area contributed by atoms with Crippen molar-refractivity contribution in [1.82, 2.24) is 14.9 Å². The van der Waals surface area contributed by atoms with Crippen molar-refractivity contribution >= 4 is 27.0 Å². The Kier molecular flexibility index (Phi) is 6.06. The maximum atomic E-state index is 12.5. The van der Waals surface area contributed by atoms with Gasteiger partial charge < -0.3 is 14.6 Å². The molecule has 0 aliphatic carbocycles. The molecular formula is C19H27N3O4S. The number of likely N-dealkylation sites (tertiary alicyclic amines) is 1. The number of urea groups is 1. The summed E-state index contributed by atoms with van der Waals surface area (Å²) in [7, 11) is -3.21. The van der Waals surface area contributed by atoms with E-state index in [1.807, 2.05) is 38.1 Å². The number of sulfonamides is 1. The minimum Gasteiger partial charge on any atom is -0.461 e. The molecule has 0 saturated carbocycles. The van der Waals surface area contributed by atoms with Crippen LogP contribution in [-0.4, -0.2) is 44.2 Å². The van der Waals surface area contributed by atoms with E-state index in [-0.39, 0.29) is 17.8 Å². The molecule has 0 spiro atoms. The number of hydrogen-bond acceptors (Lipinski definition) is 4. The number of rotatable bonds is 6. The summed E-state index contributed by atoms with van der Waals surface area (Å²) in [5.74, 6) is 0.951. The van der Waals surface area contributed by atoms with Gasteiger partial charge in [-0.3, -0.25) is 0 Å². The normalized spacial score (nSPS) is 16.0. The highest BCUT2D eigenvalue weighted by Crippen LogP contribution is 2.25. The third-order valence-corrected chi connectivity index (χ3v) is 6.56. The van der Waals surface area contributed by atoms with Gasteiger partial charge in [0.15, 0.2) is 0 Å². The number of furan rings is 1. The molecular weight excluding hydrogens is 366 g/mol. The van der Waals surface area contributed by atoms with E-state index in [1.165, 1.54) is 0 Å². The monoisotopic (exact) mass is 393 g/mol. The van der Waals surface area contributed by atoms with Crippen molar-refractivity contribution in [3.8, 4) is 0 Å². The second-order valence-electron chi connectivity index (χ2n) is 6.99. The lowest BCUT2D eigenvalue weighted by Gasteiger charge is -2.32. The molecule has 2 aromatic rings. The molecule has 1 saturated heterocycles. The highest BCUT2D eigenvalue weighted by Gasteiger charge is 2.25. The summed E-state index contributed by atoms with van der Waals surface area (Å²) in [5.41, 5.74) is 1.81. The van der Waals surface area contributed by atoms with Crippen molar-refractivity contribution in [2.45, 2.75) is 45.7 Å². The van der Waals surface area contributed by atoms with Crippen molar-refractivity contribution in [3.63, 3.8) is 0 Å². The van der Waals surface area contributed by atoms with Gasteiger partial charge >= 0.3 is 6.03 Å². The highest BCUT2D eigenvalue weighted by molar-refractivity contribution is 7.89. The lowest BCUT2D eigenvalue weighted by atomic mass is 10.1. The molecule has 2 N–H and O–H groups in total. The van der Waals surface area contributed by atoms with Gasteiger partial charge in [-0.25, -0.2) is 17.9 Å². The van der Waals surface area contributed by atoms with Crippen LogP contribution >= 0.6 is 0 Å². The molecule has 1 aliphatic rings. The van der Waals surface area contributed by atoms with E-state index in [0.29, 0.717) is 38.9 Å². The summed E-state index contributed by atoms with van der Waals surface area (Å²) in [6, 6.07) is 7.55. The minimum absolute atomic E-state index is 0.0920. The van der Waals surface area contributed by atoms with Gasteiger partial charge in [0.05, 0.1) is 5.75 Å². The SMILES string of the molecule is CCCS(=O)(=O)NC1CCN(C(=O)NCc2c(C)oc3ccccc23)CC1. The first-order chi connectivity index (χ1) is 12.9. The molecule has 2 amide bonds. The summed E-state index contributed by atoms with van der Waals surface area (Å²) in [4.78, 5) is 14.2. The maximum absolute atomic E-state index is 12.5. The van der Waals surface area contributed by atoms with Gasteiger partial charge in [-0.05, 0) is 32.3 Å².